The summed E-state index contributed by atoms with van der Waals surface area (Å²) in [6, 6.07) is 3.77. The van der Waals surface area contributed by atoms with Gasteiger partial charge in [0.15, 0.2) is 0 Å². The SMILES string of the molecule is O=C1C(=O)N(CC(F)(F)F)c2cc(Cl)ccc21. The lowest BCUT2D eigenvalue weighted by molar-refractivity contribution is -0.129. The van der Waals surface area contributed by atoms with E-state index in [2.05, 4.69) is 0 Å². The molecule has 17 heavy (non-hydrogen) atoms. The Kier molecular flexibility index (Phi) is 2.61. The number of carbonyl (C=O) groups excluding carboxylic acids is 2. The number of halogens is 4. The third-order valence-electron chi connectivity index (χ3n) is 2.27. The Hall–Kier alpha value is -1.56. The molecule has 0 saturated heterocycles. The quantitative estimate of drug-likeness (QED) is 0.730. The summed E-state index contributed by atoms with van der Waals surface area (Å²) in [5.74, 6) is -2.12. The Morgan fingerprint density at radius 3 is 2.47 bits per heavy atom. The number of ketones is 1. The van der Waals surface area contributed by atoms with Gasteiger partial charge in [-0.05, 0) is 18.2 Å². The minimum absolute atomic E-state index is 0.0522. The first-order valence-electron chi connectivity index (χ1n) is 4.52. The summed E-state index contributed by atoms with van der Waals surface area (Å²) < 4.78 is 36.8. The van der Waals surface area contributed by atoms with Gasteiger partial charge in [-0.1, -0.05) is 11.6 Å². The molecule has 0 fully saturated rings. The first kappa shape index (κ1) is 11.9. The Morgan fingerprint density at radius 2 is 1.88 bits per heavy atom. The molecule has 1 heterocycles. The van der Waals surface area contributed by atoms with Crippen molar-refractivity contribution in [2.75, 3.05) is 11.4 Å². The minimum Gasteiger partial charge on any atom is -0.296 e. The van der Waals surface area contributed by atoms with Crippen molar-refractivity contribution in [3.63, 3.8) is 0 Å². The van der Waals surface area contributed by atoms with Gasteiger partial charge in [0.25, 0.3) is 11.7 Å². The predicted molar refractivity (Wildman–Crippen MR) is 54.2 cm³/mol. The van der Waals surface area contributed by atoms with E-state index in [-0.39, 0.29) is 16.3 Å². The zero-order chi connectivity index (χ0) is 12.8. The van der Waals surface area contributed by atoms with Crippen molar-refractivity contribution in [1.82, 2.24) is 0 Å². The molecule has 0 unspecified atom stereocenters. The molecule has 0 aromatic heterocycles. The summed E-state index contributed by atoms with van der Waals surface area (Å²) in [4.78, 5) is 23.2. The molecule has 1 amide bonds. The number of Topliss-reactive ketones (excluding diaryl/α,β-unsaturated/α-hetero) is 1. The first-order valence-corrected chi connectivity index (χ1v) is 4.90. The lowest BCUT2D eigenvalue weighted by Gasteiger charge is -2.18. The average molecular weight is 264 g/mol. The fraction of sp³-hybridized carbons (Fsp3) is 0.200. The lowest BCUT2D eigenvalue weighted by atomic mass is 10.1. The number of rotatable bonds is 1. The molecule has 0 spiro atoms. The third kappa shape index (κ3) is 2.12. The van der Waals surface area contributed by atoms with Crippen LogP contribution in [0.2, 0.25) is 5.02 Å². The van der Waals surface area contributed by atoms with E-state index in [0.29, 0.717) is 4.90 Å². The Balaban J connectivity index is 2.46. The summed E-state index contributed by atoms with van der Waals surface area (Å²) in [5.41, 5.74) is -0.145. The number of alkyl halides is 3. The molecule has 0 saturated carbocycles. The van der Waals surface area contributed by atoms with Crippen molar-refractivity contribution < 1.29 is 22.8 Å². The van der Waals surface area contributed by atoms with Crippen LogP contribution in [0.4, 0.5) is 18.9 Å². The summed E-state index contributed by atoms with van der Waals surface area (Å²) in [7, 11) is 0. The van der Waals surface area contributed by atoms with Crippen LogP contribution >= 0.6 is 11.6 Å². The summed E-state index contributed by atoms with van der Waals surface area (Å²) in [6.07, 6.45) is -4.57. The zero-order valence-corrected chi connectivity index (χ0v) is 8.97. The Morgan fingerprint density at radius 1 is 1.24 bits per heavy atom. The fourth-order valence-electron chi connectivity index (χ4n) is 1.60. The number of nitrogens with zero attached hydrogens (tertiary/aromatic N) is 1. The predicted octanol–water partition coefficient (Wildman–Crippen LogP) is 2.43. The van der Waals surface area contributed by atoms with E-state index in [4.69, 9.17) is 11.6 Å². The number of hydrogen-bond donors (Lipinski definition) is 0. The molecule has 0 aliphatic carbocycles. The number of benzene rings is 1. The van der Waals surface area contributed by atoms with E-state index in [1.54, 1.807) is 0 Å². The average Bonchev–Trinajstić information content (AvgIpc) is 2.42. The molecule has 90 valence electrons. The normalized spacial score (nSPS) is 15.4. The van der Waals surface area contributed by atoms with Gasteiger partial charge >= 0.3 is 6.18 Å². The molecule has 0 bridgehead atoms. The Labute approximate surface area is 98.8 Å². The monoisotopic (exact) mass is 263 g/mol. The van der Waals surface area contributed by atoms with Crippen LogP contribution in [-0.2, 0) is 4.79 Å². The van der Waals surface area contributed by atoms with Crippen LogP contribution in [0.3, 0.4) is 0 Å². The maximum absolute atomic E-state index is 12.3. The summed E-state index contributed by atoms with van der Waals surface area (Å²) >= 11 is 5.62. The van der Waals surface area contributed by atoms with Gasteiger partial charge in [-0.2, -0.15) is 13.2 Å². The van der Waals surface area contributed by atoms with Crippen LogP contribution in [-0.4, -0.2) is 24.4 Å². The zero-order valence-electron chi connectivity index (χ0n) is 8.21. The molecule has 3 nitrogen and oxygen atoms in total. The van der Waals surface area contributed by atoms with Crippen molar-refractivity contribution in [1.29, 1.82) is 0 Å². The molecule has 0 radical (unpaired) electrons. The number of anilines is 1. The van der Waals surface area contributed by atoms with E-state index in [9.17, 15) is 22.8 Å². The van der Waals surface area contributed by atoms with E-state index in [0.717, 1.165) is 0 Å². The van der Waals surface area contributed by atoms with Crippen LogP contribution in [0.25, 0.3) is 0 Å². The summed E-state index contributed by atoms with van der Waals surface area (Å²) in [5, 5.41) is 0.165. The van der Waals surface area contributed by atoms with E-state index in [1.165, 1.54) is 18.2 Å². The molecular formula is C10H5ClF3NO2. The smallest absolute Gasteiger partial charge is 0.296 e. The molecule has 7 heteroatoms. The van der Waals surface area contributed by atoms with Crippen LogP contribution < -0.4 is 4.90 Å². The van der Waals surface area contributed by atoms with Gasteiger partial charge in [-0.15, -0.1) is 0 Å². The highest BCUT2D eigenvalue weighted by atomic mass is 35.5. The van der Waals surface area contributed by atoms with Crippen molar-refractivity contribution in [3.05, 3.63) is 28.8 Å². The fourth-order valence-corrected chi connectivity index (χ4v) is 1.77. The topological polar surface area (TPSA) is 37.4 Å². The molecule has 1 aromatic carbocycles. The van der Waals surface area contributed by atoms with Gasteiger partial charge in [-0.3, -0.25) is 14.5 Å². The van der Waals surface area contributed by atoms with Gasteiger partial charge in [0.1, 0.15) is 6.54 Å². The van der Waals surface area contributed by atoms with E-state index in [1.807, 2.05) is 0 Å². The molecule has 1 aliphatic heterocycles. The number of hydrogen-bond acceptors (Lipinski definition) is 2. The second-order valence-electron chi connectivity index (χ2n) is 3.50. The summed E-state index contributed by atoms with van der Waals surface area (Å²) in [6.45, 7) is -1.50. The molecule has 2 rings (SSSR count). The third-order valence-corrected chi connectivity index (χ3v) is 2.51. The molecule has 0 atom stereocenters. The Bertz CT molecular complexity index is 513. The minimum atomic E-state index is -4.57. The highest BCUT2D eigenvalue weighted by molar-refractivity contribution is 6.52. The van der Waals surface area contributed by atoms with Crippen molar-refractivity contribution in [2.24, 2.45) is 0 Å². The van der Waals surface area contributed by atoms with Crippen LogP contribution in [0, 0.1) is 0 Å². The number of amides is 1. The lowest BCUT2D eigenvalue weighted by Crippen LogP contribution is -2.38. The van der Waals surface area contributed by atoms with Crippen LogP contribution in [0.5, 0.6) is 0 Å². The van der Waals surface area contributed by atoms with Gasteiger partial charge in [0, 0.05) is 5.02 Å². The van der Waals surface area contributed by atoms with Crippen LogP contribution in [0.1, 0.15) is 10.4 Å². The highest BCUT2D eigenvalue weighted by Gasteiger charge is 2.42. The molecule has 0 N–H and O–H groups in total. The van der Waals surface area contributed by atoms with Crippen molar-refractivity contribution in [2.45, 2.75) is 6.18 Å². The second kappa shape index (κ2) is 3.73. The maximum atomic E-state index is 12.3. The van der Waals surface area contributed by atoms with Gasteiger partial charge < -0.3 is 0 Å². The number of fused-ring (bicyclic) bond motifs is 1. The standard InChI is InChI=1S/C10H5ClF3NO2/c11-5-1-2-6-7(3-5)15(4-10(12,13)14)9(17)8(6)16/h1-3H,4H2. The molecule has 1 aromatic rings. The van der Waals surface area contributed by atoms with Gasteiger partial charge in [0.2, 0.25) is 0 Å². The van der Waals surface area contributed by atoms with E-state index < -0.39 is 24.4 Å². The van der Waals surface area contributed by atoms with E-state index >= 15 is 0 Å². The van der Waals surface area contributed by atoms with Crippen molar-refractivity contribution >= 4 is 29.0 Å². The first-order chi connectivity index (χ1) is 7.79. The van der Waals surface area contributed by atoms with Gasteiger partial charge in [-0.25, -0.2) is 0 Å². The second-order valence-corrected chi connectivity index (χ2v) is 3.93. The largest absolute Gasteiger partial charge is 0.406 e. The molecule has 1 aliphatic rings. The highest BCUT2D eigenvalue weighted by Crippen LogP contribution is 2.33. The van der Waals surface area contributed by atoms with Crippen molar-refractivity contribution in [3.8, 4) is 0 Å². The van der Waals surface area contributed by atoms with Gasteiger partial charge in [0.05, 0.1) is 11.3 Å². The maximum Gasteiger partial charge on any atom is 0.406 e. The van der Waals surface area contributed by atoms with Crippen LogP contribution in [0.15, 0.2) is 18.2 Å². The number of carbonyl (C=O) groups is 2. The molecular weight excluding hydrogens is 259 g/mol.